The zero-order chi connectivity index (χ0) is 25.5. The molecule has 0 bridgehead atoms. The number of aliphatic hydroxyl groups is 1. The molecule has 4 aliphatic rings. The Labute approximate surface area is 215 Å². The third-order valence-corrected chi connectivity index (χ3v) is 8.17. The summed E-state index contributed by atoms with van der Waals surface area (Å²) in [6, 6.07) is 6.11. The number of benzene rings is 1. The van der Waals surface area contributed by atoms with Crippen molar-refractivity contribution < 1.29 is 29.0 Å². The molecule has 2 amide bonds. The van der Waals surface area contributed by atoms with E-state index in [1.54, 1.807) is 29.2 Å². The zero-order valence-electron chi connectivity index (χ0n) is 20.3. The average molecular weight is 515 g/mol. The fourth-order valence-corrected chi connectivity index (χ4v) is 6.49. The van der Waals surface area contributed by atoms with Crippen LogP contribution in [0.4, 0.5) is 5.69 Å². The average Bonchev–Trinajstić information content (AvgIpc) is 3.20. The first-order valence-electron chi connectivity index (χ1n) is 12.6. The van der Waals surface area contributed by atoms with E-state index in [2.05, 4.69) is 0 Å². The Morgan fingerprint density at radius 3 is 2.64 bits per heavy atom. The minimum absolute atomic E-state index is 0.0178. The second kappa shape index (κ2) is 9.65. The van der Waals surface area contributed by atoms with E-state index in [0.717, 1.165) is 0 Å². The normalized spacial score (nSPS) is 33.5. The number of hydrogen-bond donors (Lipinski definition) is 1. The van der Waals surface area contributed by atoms with Crippen molar-refractivity contribution in [3.05, 3.63) is 53.6 Å². The number of amides is 2. The van der Waals surface area contributed by atoms with Crippen LogP contribution in [0.1, 0.15) is 32.6 Å². The van der Waals surface area contributed by atoms with Gasteiger partial charge in [-0.25, -0.2) is 0 Å². The molecule has 5 rings (SSSR count). The van der Waals surface area contributed by atoms with Crippen LogP contribution in [0.3, 0.4) is 0 Å². The van der Waals surface area contributed by atoms with Crippen LogP contribution >= 0.6 is 11.6 Å². The van der Waals surface area contributed by atoms with E-state index >= 15 is 0 Å². The molecule has 0 saturated carbocycles. The largest absolute Gasteiger partial charge is 0.465 e. The van der Waals surface area contributed by atoms with E-state index < -0.39 is 35.0 Å². The number of hydrogen-bond acceptors (Lipinski definition) is 6. The van der Waals surface area contributed by atoms with E-state index in [0.29, 0.717) is 36.4 Å². The van der Waals surface area contributed by atoms with E-state index in [-0.39, 0.29) is 38.1 Å². The number of unbranched alkanes of at least 4 members (excludes halogenated alkanes) is 1. The Morgan fingerprint density at radius 1 is 1.08 bits per heavy atom. The summed E-state index contributed by atoms with van der Waals surface area (Å²) in [7, 11) is 0. The first-order chi connectivity index (χ1) is 17.4. The molecule has 1 spiro atoms. The molecule has 0 aromatic heterocycles. The zero-order valence-corrected chi connectivity index (χ0v) is 21.0. The number of carbonyl (C=O) groups is 3. The summed E-state index contributed by atoms with van der Waals surface area (Å²) in [6.07, 6.45) is 9.46. The van der Waals surface area contributed by atoms with Gasteiger partial charge in [-0.2, -0.15) is 0 Å². The number of aliphatic hydroxyl groups excluding tert-OH is 1. The standard InChI is InChI=1S/C27H31ClN2O6/c1-2-26-12-5-8-17-35-25(34)21(26)20-23(32)30(14-6-7-16-31)22-24(33)29(15-9-13-27(20,22)36-26)19-11-4-3-10-18(19)28/h3-5,9-13,20-22,31H,2,6-8,14-17H2,1H3/t20-,21+,22?,26-,27-/m0/s1. The van der Waals surface area contributed by atoms with Crippen LogP contribution in [0.2, 0.25) is 5.02 Å². The number of rotatable bonds is 6. The molecule has 0 aliphatic carbocycles. The maximum Gasteiger partial charge on any atom is 0.313 e. The lowest BCUT2D eigenvalue weighted by Gasteiger charge is -2.38. The van der Waals surface area contributed by atoms with Gasteiger partial charge in [-0.3, -0.25) is 14.4 Å². The fraction of sp³-hybridized carbons (Fsp3) is 0.519. The number of ether oxygens (including phenoxy) is 2. The second-order valence-electron chi connectivity index (χ2n) is 9.75. The number of nitrogens with zero attached hydrogens (tertiary/aromatic N) is 2. The highest BCUT2D eigenvalue weighted by Crippen LogP contribution is 2.58. The molecule has 2 saturated heterocycles. The highest BCUT2D eigenvalue weighted by Gasteiger charge is 2.75. The van der Waals surface area contributed by atoms with Crippen molar-refractivity contribution in [2.45, 2.75) is 49.9 Å². The van der Waals surface area contributed by atoms with Gasteiger partial charge in [-0.1, -0.05) is 55.0 Å². The summed E-state index contributed by atoms with van der Waals surface area (Å²) in [6.45, 7) is 2.65. The van der Waals surface area contributed by atoms with Crippen LogP contribution < -0.4 is 4.90 Å². The van der Waals surface area contributed by atoms with E-state index in [4.69, 9.17) is 21.1 Å². The number of para-hydroxylation sites is 1. The SMILES string of the molecule is CC[C@]12C=CCCOC(=O)[C@H]1[C@H]1C(=O)N(CCCCO)C3C(=O)N(c4ccccc4Cl)CC=C[C@@]31O2. The van der Waals surface area contributed by atoms with Crippen LogP contribution in [-0.2, 0) is 23.9 Å². The maximum absolute atomic E-state index is 14.3. The Bertz CT molecular complexity index is 1120. The second-order valence-corrected chi connectivity index (χ2v) is 10.2. The highest BCUT2D eigenvalue weighted by atomic mass is 35.5. The number of likely N-dealkylation sites (tertiary alicyclic amines) is 1. The van der Waals surface area contributed by atoms with Crippen LogP contribution in [0, 0.1) is 11.8 Å². The van der Waals surface area contributed by atoms with Crippen molar-refractivity contribution in [2.75, 3.05) is 31.2 Å². The van der Waals surface area contributed by atoms with Gasteiger partial charge in [-0.15, -0.1) is 0 Å². The predicted molar refractivity (Wildman–Crippen MR) is 133 cm³/mol. The summed E-state index contributed by atoms with van der Waals surface area (Å²) < 4.78 is 12.4. The van der Waals surface area contributed by atoms with Crippen molar-refractivity contribution in [3.63, 3.8) is 0 Å². The summed E-state index contributed by atoms with van der Waals surface area (Å²) in [5, 5.41) is 9.76. The maximum atomic E-state index is 14.3. The van der Waals surface area contributed by atoms with Crippen LogP contribution in [0.25, 0.3) is 0 Å². The van der Waals surface area contributed by atoms with E-state index in [9.17, 15) is 19.5 Å². The third-order valence-electron chi connectivity index (χ3n) is 7.85. The lowest BCUT2D eigenvalue weighted by atomic mass is 9.73. The number of esters is 1. The lowest BCUT2D eigenvalue weighted by molar-refractivity contribution is -0.160. The molecule has 1 aromatic rings. The minimum atomic E-state index is -1.34. The molecule has 8 nitrogen and oxygen atoms in total. The summed E-state index contributed by atoms with van der Waals surface area (Å²) in [5.74, 6) is -2.87. The third kappa shape index (κ3) is 3.69. The molecule has 1 aromatic carbocycles. The Morgan fingerprint density at radius 2 is 1.89 bits per heavy atom. The van der Waals surface area contributed by atoms with Crippen LogP contribution in [0.15, 0.2) is 48.6 Å². The Balaban J connectivity index is 1.65. The van der Waals surface area contributed by atoms with Crippen molar-refractivity contribution in [3.8, 4) is 0 Å². The lowest BCUT2D eigenvalue weighted by Crippen LogP contribution is -2.56. The molecule has 4 aliphatic heterocycles. The van der Waals surface area contributed by atoms with Crippen molar-refractivity contribution in [1.29, 1.82) is 0 Å². The van der Waals surface area contributed by atoms with Gasteiger partial charge < -0.3 is 24.4 Å². The fourth-order valence-electron chi connectivity index (χ4n) is 6.25. The molecule has 36 heavy (non-hydrogen) atoms. The summed E-state index contributed by atoms with van der Waals surface area (Å²) in [5.41, 5.74) is -1.85. The molecule has 192 valence electrons. The molecule has 9 heteroatoms. The molecule has 4 heterocycles. The van der Waals surface area contributed by atoms with Gasteiger partial charge in [-0.05, 0) is 37.8 Å². The smallest absolute Gasteiger partial charge is 0.313 e. The first-order valence-corrected chi connectivity index (χ1v) is 13.0. The predicted octanol–water partition coefficient (Wildman–Crippen LogP) is 2.88. The van der Waals surface area contributed by atoms with Gasteiger partial charge >= 0.3 is 5.97 Å². The number of anilines is 1. The molecule has 0 radical (unpaired) electrons. The number of halogens is 1. The van der Waals surface area contributed by atoms with Gasteiger partial charge in [0.05, 0.1) is 23.2 Å². The number of carbonyl (C=O) groups excluding carboxylic acids is 3. The quantitative estimate of drug-likeness (QED) is 0.356. The van der Waals surface area contributed by atoms with Crippen LogP contribution in [0.5, 0.6) is 0 Å². The minimum Gasteiger partial charge on any atom is -0.465 e. The van der Waals surface area contributed by atoms with Crippen molar-refractivity contribution in [2.24, 2.45) is 11.8 Å². The van der Waals surface area contributed by atoms with Crippen LogP contribution in [-0.4, -0.2) is 71.3 Å². The molecule has 2 fully saturated rings. The van der Waals surface area contributed by atoms with E-state index in [1.807, 2.05) is 31.2 Å². The first kappa shape index (κ1) is 25.0. The summed E-state index contributed by atoms with van der Waals surface area (Å²) in [4.78, 5) is 44.9. The van der Waals surface area contributed by atoms with Crippen molar-refractivity contribution in [1.82, 2.24) is 4.90 Å². The molecular weight excluding hydrogens is 484 g/mol. The van der Waals surface area contributed by atoms with Gasteiger partial charge in [0.15, 0.2) is 0 Å². The van der Waals surface area contributed by atoms with Crippen molar-refractivity contribution >= 4 is 35.1 Å². The monoisotopic (exact) mass is 514 g/mol. The van der Waals surface area contributed by atoms with Gasteiger partial charge in [0.1, 0.15) is 23.2 Å². The molecule has 1 N–H and O–H groups in total. The Hall–Kier alpha value is -2.68. The molecule has 1 unspecified atom stereocenters. The highest BCUT2D eigenvalue weighted by molar-refractivity contribution is 6.34. The molecule has 5 atom stereocenters. The molecular formula is C27H31ClN2O6. The van der Waals surface area contributed by atoms with Gasteiger partial charge in [0.2, 0.25) is 5.91 Å². The van der Waals surface area contributed by atoms with E-state index in [1.165, 1.54) is 4.90 Å². The van der Waals surface area contributed by atoms with Gasteiger partial charge in [0.25, 0.3) is 5.91 Å². The Kier molecular flexibility index (Phi) is 6.70. The number of cyclic esters (lactones) is 1. The number of fused-ring (bicyclic) bond motifs is 2. The summed E-state index contributed by atoms with van der Waals surface area (Å²) >= 11 is 6.47. The van der Waals surface area contributed by atoms with Gasteiger partial charge in [0, 0.05) is 19.7 Å². The topological polar surface area (TPSA) is 96.4 Å².